The monoisotopic (exact) mass is 390 g/mol. The molecule has 156 valence electrons. The first-order valence-electron chi connectivity index (χ1n) is 9.71. The van der Waals surface area contributed by atoms with Gasteiger partial charge in [-0.05, 0) is 6.42 Å². The van der Waals surface area contributed by atoms with Crippen molar-refractivity contribution in [2.45, 2.75) is 109 Å². The van der Waals surface area contributed by atoms with Crippen molar-refractivity contribution in [3.8, 4) is 0 Å². The van der Waals surface area contributed by atoms with E-state index in [0.717, 1.165) is 25.7 Å². The molecule has 0 aromatic rings. The summed E-state index contributed by atoms with van der Waals surface area (Å²) in [5.41, 5.74) is 0. The summed E-state index contributed by atoms with van der Waals surface area (Å²) in [5, 5.41) is 0. The van der Waals surface area contributed by atoms with Gasteiger partial charge in [-0.15, -0.1) is 0 Å². The fourth-order valence-electron chi connectivity index (χ4n) is 3.05. The Hall–Kier alpha value is -0.750. The Balaban J connectivity index is 3.94. The van der Waals surface area contributed by atoms with Crippen LogP contribution in [0, 0.1) is 5.92 Å². The molecule has 0 amide bonds. The van der Waals surface area contributed by atoms with Gasteiger partial charge in [0, 0.05) is 5.92 Å². The zero-order chi connectivity index (χ0) is 20.1. The third-order valence-electron chi connectivity index (χ3n) is 4.46. The van der Waals surface area contributed by atoms with Gasteiger partial charge in [-0.1, -0.05) is 77.6 Å². The highest BCUT2D eigenvalue weighted by Gasteiger charge is 2.39. The lowest BCUT2D eigenvalue weighted by Crippen LogP contribution is -2.26. The molecule has 0 rings (SSSR count). The van der Waals surface area contributed by atoms with E-state index in [1.807, 2.05) is 0 Å². The highest BCUT2D eigenvalue weighted by Crippen LogP contribution is 2.32. The summed E-state index contributed by atoms with van der Waals surface area (Å²) in [4.78, 5) is 11.5. The third kappa shape index (κ3) is 16.7. The van der Waals surface area contributed by atoms with Gasteiger partial charge < -0.3 is 0 Å². The molecule has 0 fully saturated rings. The van der Waals surface area contributed by atoms with Gasteiger partial charge in [0.25, 0.3) is 0 Å². The predicted molar refractivity (Wildman–Crippen MR) is 90.9 cm³/mol. The molecule has 1 unspecified atom stereocenters. The highest BCUT2D eigenvalue weighted by atomic mass is 19.4. The zero-order valence-electron chi connectivity index (χ0n) is 15.7. The van der Waals surface area contributed by atoms with Gasteiger partial charge in [0.15, 0.2) is 0 Å². The SMILES string of the molecule is CCCCCCCCCCCCCC(CC(F)(F)F)C(=O)CC(F)(F)F. The molecule has 0 spiro atoms. The van der Waals surface area contributed by atoms with Crippen LogP contribution in [-0.4, -0.2) is 18.1 Å². The second-order valence-corrected chi connectivity index (χ2v) is 7.10. The number of carbonyl (C=O) groups is 1. The molecular formula is C19H32F6O. The molecule has 0 aromatic carbocycles. The first kappa shape index (κ1) is 25.2. The van der Waals surface area contributed by atoms with Crippen LogP contribution in [0.15, 0.2) is 0 Å². The maximum Gasteiger partial charge on any atom is 0.395 e. The van der Waals surface area contributed by atoms with Gasteiger partial charge in [-0.25, -0.2) is 0 Å². The molecule has 1 atom stereocenters. The first-order valence-corrected chi connectivity index (χ1v) is 9.71. The molecule has 0 bridgehead atoms. The Morgan fingerprint density at radius 3 is 1.50 bits per heavy atom. The molecule has 0 N–H and O–H groups in total. The average Bonchev–Trinajstić information content (AvgIpc) is 2.48. The number of hydrogen-bond donors (Lipinski definition) is 0. The fourth-order valence-corrected chi connectivity index (χ4v) is 3.05. The number of hydrogen-bond acceptors (Lipinski definition) is 1. The van der Waals surface area contributed by atoms with Crippen LogP contribution in [0.3, 0.4) is 0 Å². The topological polar surface area (TPSA) is 17.1 Å². The number of rotatable bonds is 15. The van der Waals surface area contributed by atoms with E-state index in [2.05, 4.69) is 6.92 Å². The van der Waals surface area contributed by atoms with Crippen LogP contribution < -0.4 is 0 Å². The molecule has 0 saturated heterocycles. The maximum absolute atomic E-state index is 12.5. The Bertz CT molecular complexity index is 362. The molecule has 0 aliphatic heterocycles. The van der Waals surface area contributed by atoms with Gasteiger partial charge in [-0.2, -0.15) is 26.3 Å². The number of halogens is 6. The fraction of sp³-hybridized carbons (Fsp3) is 0.947. The minimum atomic E-state index is -4.75. The van der Waals surface area contributed by atoms with Crippen LogP contribution >= 0.6 is 0 Å². The Morgan fingerprint density at radius 2 is 1.12 bits per heavy atom. The zero-order valence-corrected chi connectivity index (χ0v) is 15.7. The molecule has 0 aliphatic carbocycles. The minimum absolute atomic E-state index is 0.120. The van der Waals surface area contributed by atoms with E-state index >= 15 is 0 Å². The smallest absolute Gasteiger partial charge is 0.299 e. The number of Topliss-reactive ketones (excluding diaryl/α,β-unsaturated/α-hetero) is 1. The summed E-state index contributed by atoms with van der Waals surface area (Å²) in [7, 11) is 0. The number of alkyl halides is 6. The number of ketones is 1. The van der Waals surface area contributed by atoms with Crippen molar-refractivity contribution in [3.05, 3.63) is 0 Å². The third-order valence-corrected chi connectivity index (χ3v) is 4.46. The Morgan fingerprint density at radius 1 is 0.692 bits per heavy atom. The Labute approximate surface area is 152 Å². The van der Waals surface area contributed by atoms with Crippen molar-refractivity contribution in [1.82, 2.24) is 0 Å². The van der Waals surface area contributed by atoms with Gasteiger partial charge in [0.1, 0.15) is 12.2 Å². The summed E-state index contributed by atoms with van der Waals surface area (Å²) in [6, 6.07) is 0. The lowest BCUT2D eigenvalue weighted by atomic mass is 9.91. The summed E-state index contributed by atoms with van der Waals surface area (Å²) in [6.07, 6.45) is -1.52. The summed E-state index contributed by atoms with van der Waals surface area (Å²) >= 11 is 0. The maximum atomic E-state index is 12.5. The van der Waals surface area contributed by atoms with Gasteiger partial charge in [-0.3, -0.25) is 4.79 Å². The lowest BCUT2D eigenvalue weighted by molar-refractivity contribution is -0.168. The average molecular weight is 390 g/mol. The molecule has 0 radical (unpaired) electrons. The molecule has 7 heteroatoms. The van der Waals surface area contributed by atoms with E-state index in [-0.39, 0.29) is 6.42 Å². The first-order chi connectivity index (χ1) is 12.0. The van der Waals surface area contributed by atoms with Gasteiger partial charge >= 0.3 is 12.4 Å². The molecule has 0 aromatic heterocycles. The number of carbonyl (C=O) groups excluding carboxylic acids is 1. The summed E-state index contributed by atoms with van der Waals surface area (Å²) in [5.74, 6) is -2.92. The molecule has 0 saturated carbocycles. The van der Waals surface area contributed by atoms with Crippen molar-refractivity contribution < 1.29 is 31.1 Å². The van der Waals surface area contributed by atoms with Crippen molar-refractivity contribution in [2.24, 2.45) is 5.92 Å². The second-order valence-electron chi connectivity index (χ2n) is 7.10. The lowest BCUT2D eigenvalue weighted by Gasteiger charge is -2.18. The molecule has 0 aliphatic rings. The van der Waals surface area contributed by atoms with E-state index in [1.165, 1.54) is 32.1 Å². The van der Waals surface area contributed by atoms with Crippen molar-refractivity contribution >= 4 is 5.78 Å². The second kappa shape index (κ2) is 13.4. The minimum Gasteiger partial charge on any atom is -0.299 e. The van der Waals surface area contributed by atoms with Crippen molar-refractivity contribution in [2.75, 3.05) is 0 Å². The van der Waals surface area contributed by atoms with Crippen LogP contribution in [0.5, 0.6) is 0 Å². The van der Waals surface area contributed by atoms with Gasteiger partial charge in [0.05, 0.1) is 6.42 Å². The quantitative estimate of drug-likeness (QED) is 0.206. The van der Waals surface area contributed by atoms with Crippen LogP contribution in [-0.2, 0) is 4.79 Å². The van der Waals surface area contributed by atoms with Crippen LogP contribution in [0.1, 0.15) is 96.8 Å². The van der Waals surface area contributed by atoms with E-state index in [4.69, 9.17) is 0 Å². The van der Waals surface area contributed by atoms with Crippen molar-refractivity contribution in [3.63, 3.8) is 0 Å². The van der Waals surface area contributed by atoms with Crippen LogP contribution in [0.4, 0.5) is 26.3 Å². The highest BCUT2D eigenvalue weighted by molar-refractivity contribution is 5.81. The molecule has 1 nitrogen and oxygen atoms in total. The molecular weight excluding hydrogens is 358 g/mol. The normalized spacial score (nSPS) is 13.8. The standard InChI is InChI=1S/C19H32F6O/c1-2-3-4-5-6-7-8-9-10-11-12-13-16(14-18(20,21)22)17(26)15-19(23,24)25/h16H,2-15H2,1H3. The van der Waals surface area contributed by atoms with E-state index in [1.54, 1.807) is 0 Å². The largest absolute Gasteiger partial charge is 0.395 e. The predicted octanol–water partition coefficient (Wildman–Crippen LogP) is 7.78. The Kier molecular flexibility index (Phi) is 13.0. The summed E-state index contributed by atoms with van der Waals surface area (Å²) < 4.78 is 74.2. The van der Waals surface area contributed by atoms with E-state index in [0.29, 0.717) is 12.8 Å². The van der Waals surface area contributed by atoms with E-state index in [9.17, 15) is 31.1 Å². The summed E-state index contributed by atoms with van der Waals surface area (Å²) in [6.45, 7) is 2.16. The van der Waals surface area contributed by atoms with Crippen molar-refractivity contribution in [1.29, 1.82) is 0 Å². The van der Waals surface area contributed by atoms with E-state index < -0.39 is 36.9 Å². The van der Waals surface area contributed by atoms with Gasteiger partial charge in [0.2, 0.25) is 0 Å². The van der Waals surface area contributed by atoms with Crippen LogP contribution in [0.2, 0.25) is 0 Å². The molecule has 0 heterocycles. The molecule has 26 heavy (non-hydrogen) atoms. The van der Waals surface area contributed by atoms with Crippen LogP contribution in [0.25, 0.3) is 0 Å². The number of unbranched alkanes of at least 4 members (excludes halogenated alkanes) is 10.